The van der Waals surface area contributed by atoms with Gasteiger partial charge in [-0.25, -0.2) is 4.39 Å². The Kier molecular flexibility index (Phi) is 5.60. The van der Waals surface area contributed by atoms with E-state index in [4.69, 9.17) is 0 Å². The van der Waals surface area contributed by atoms with Crippen molar-refractivity contribution in [3.8, 4) is 0 Å². The number of aryl methyl sites for hydroxylation is 1. The minimum atomic E-state index is -0.181. The van der Waals surface area contributed by atoms with Gasteiger partial charge in [-0.1, -0.05) is 44.0 Å². The number of alkyl halides is 2. The van der Waals surface area contributed by atoms with Crippen LogP contribution in [-0.2, 0) is 11.8 Å². The van der Waals surface area contributed by atoms with E-state index in [0.29, 0.717) is 0 Å². The second kappa shape index (κ2) is 7.00. The molecule has 1 heterocycles. The lowest BCUT2D eigenvalue weighted by atomic mass is 9.80. The summed E-state index contributed by atoms with van der Waals surface area (Å²) >= 11 is 8.99. The highest BCUT2D eigenvalue weighted by Gasteiger charge is 2.29. The van der Waals surface area contributed by atoms with Gasteiger partial charge < -0.3 is 0 Å². The molecule has 0 aliphatic carbocycles. The first kappa shape index (κ1) is 15.2. The van der Waals surface area contributed by atoms with Crippen molar-refractivity contribution in [3.63, 3.8) is 0 Å². The Morgan fingerprint density at radius 2 is 1.74 bits per heavy atom. The van der Waals surface area contributed by atoms with Crippen molar-refractivity contribution < 1.29 is 4.39 Å². The van der Waals surface area contributed by atoms with Crippen LogP contribution in [0.4, 0.5) is 4.39 Å². The molecule has 0 N–H and O–H groups in total. The SMILES string of the molecule is Fc1ccc(C(CBr)(CBr)CCc2ccsc2)cc1. The lowest BCUT2D eigenvalue weighted by molar-refractivity contribution is 0.504. The number of hydrogen-bond donors (Lipinski definition) is 0. The number of benzene rings is 1. The summed E-state index contributed by atoms with van der Waals surface area (Å²) in [7, 11) is 0. The van der Waals surface area contributed by atoms with Crippen molar-refractivity contribution in [1.29, 1.82) is 0 Å². The second-order valence-electron chi connectivity index (χ2n) is 4.69. The first-order valence-electron chi connectivity index (χ1n) is 6.09. The van der Waals surface area contributed by atoms with Crippen LogP contribution >= 0.6 is 43.2 Å². The minimum absolute atomic E-state index is 0.00956. The average molecular weight is 406 g/mol. The number of thiophene rings is 1. The molecule has 0 radical (unpaired) electrons. The molecule has 0 fully saturated rings. The van der Waals surface area contributed by atoms with E-state index in [9.17, 15) is 4.39 Å². The Balaban J connectivity index is 2.19. The van der Waals surface area contributed by atoms with E-state index in [0.717, 1.165) is 23.5 Å². The van der Waals surface area contributed by atoms with Crippen LogP contribution in [0.3, 0.4) is 0 Å². The smallest absolute Gasteiger partial charge is 0.123 e. The van der Waals surface area contributed by atoms with Crippen molar-refractivity contribution >= 4 is 43.2 Å². The molecule has 0 aliphatic rings. The molecule has 0 nitrogen and oxygen atoms in total. The molecular formula is C15H15Br2FS. The summed E-state index contributed by atoms with van der Waals surface area (Å²) in [5.41, 5.74) is 2.56. The predicted molar refractivity (Wildman–Crippen MR) is 88.3 cm³/mol. The van der Waals surface area contributed by atoms with Gasteiger partial charge >= 0.3 is 0 Å². The molecule has 102 valence electrons. The standard InChI is InChI=1S/C15H15Br2FS/c16-10-15(11-17,7-5-12-6-8-19-9-12)13-1-3-14(18)4-2-13/h1-4,6,8-9H,5,7,10-11H2. The molecule has 0 bridgehead atoms. The van der Waals surface area contributed by atoms with E-state index in [2.05, 4.69) is 48.7 Å². The van der Waals surface area contributed by atoms with Gasteiger partial charge in [0.1, 0.15) is 5.82 Å². The van der Waals surface area contributed by atoms with Crippen molar-refractivity contribution in [2.75, 3.05) is 10.7 Å². The van der Waals surface area contributed by atoms with Gasteiger partial charge in [0.25, 0.3) is 0 Å². The minimum Gasteiger partial charge on any atom is -0.207 e. The van der Waals surface area contributed by atoms with Crippen molar-refractivity contribution in [3.05, 3.63) is 58.0 Å². The van der Waals surface area contributed by atoms with Gasteiger partial charge in [-0.3, -0.25) is 0 Å². The molecule has 0 unspecified atom stereocenters. The highest BCUT2D eigenvalue weighted by molar-refractivity contribution is 9.09. The lowest BCUT2D eigenvalue weighted by Gasteiger charge is -2.30. The Hall–Kier alpha value is -0.190. The monoisotopic (exact) mass is 404 g/mol. The highest BCUT2D eigenvalue weighted by Crippen LogP contribution is 2.34. The first-order valence-corrected chi connectivity index (χ1v) is 9.28. The molecule has 0 saturated carbocycles. The summed E-state index contributed by atoms with van der Waals surface area (Å²) in [6, 6.07) is 9.04. The fourth-order valence-corrected chi connectivity index (χ4v) is 4.93. The fourth-order valence-electron chi connectivity index (χ4n) is 2.09. The molecule has 2 rings (SSSR count). The Labute approximate surface area is 134 Å². The quantitative estimate of drug-likeness (QED) is 0.552. The zero-order chi connectivity index (χ0) is 13.7. The van der Waals surface area contributed by atoms with Crippen LogP contribution < -0.4 is 0 Å². The maximum Gasteiger partial charge on any atom is 0.123 e. The van der Waals surface area contributed by atoms with Gasteiger partial charge in [0.2, 0.25) is 0 Å². The summed E-state index contributed by atoms with van der Waals surface area (Å²) in [6.45, 7) is 0. The molecule has 2 aromatic rings. The maximum atomic E-state index is 13.1. The van der Waals surface area contributed by atoms with Crippen LogP contribution in [0, 0.1) is 5.82 Å². The molecular weight excluding hydrogens is 391 g/mol. The summed E-state index contributed by atoms with van der Waals surface area (Å²) in [6.07, 6.45) is 2.07. The predicted octanol–water partition coefficient (Wildman–Crippen LogP) is 5.55. The van der Waals surface area contributed by atoms with E-state index in [1.165, 1.54) is 11.1 Å². The third kappa shape index (κ3) is 3.67. The average Bonchev–Trinajstić information content (AvgIpc) is 2.95. The van der Waals surface area contributed by atoms with E-state index < -0.39 is 0 Å². The summed E-state index contributed by atoms with van der Waals surface area (Å²) < 4.78 is 13.1. The van der Waals surface area contributed by atoms with E-state index in [1.807, 2.05) is 12.1 Å². The number of halogens is 3. The van der Waals surface area contributed by atoms with Crippen molar-refractivity contribution in [1.82, 2.24) is 0 Å². The molecule has 1 aromatic heterocycles. The second-order valence-corrected chi connectivity index (χ2v) is 6.59. The van der Waals surface area contributed by atoms with Gasteiger partial charge in [-0.05, 0) is 52.9 Å². The zero-order valence-corrected chi connectivity index (χ0v) is 14.4. The van der Waals surface area contributed by atoms with Gasteiger partial charge in [0.15, 0.2) is 0 Å². The summed E-state index contributed by atoms with van der Waals surface area (Å²) in [5, 5.41) is 6.02. The van der Waals surface area contributed by atoms with Gasteiger partial charge in [0.05, 0.1) is 0 Å². The maximum absolute atomic E-state index is 13.1. The Morgan fingerprint density at radius 1 is 1.05 bits per heavy atom. The number of rotatable bonds is 6. The van der Waals surface area contributed by atoms with Gasteiger partial charge in [-0.15, -0.1) is 0 Å². The molecule has 19 heavy (non-hydrogen) atoms. The first-order chi connectivity index (χ1) is 9.20. The molecule has 1 aromatic carbocycles. The Bertz CT molecular complexity index is 489. The molecule has 4 heteroatoms. The topological polar surface area (TPSA) is 0 Å². The largest absolute Gasteiger partial charge is 0.207 e. The van der Waals surface area contributed by atoms with Gasteiger partial charge in [-0.2, -0.15) is 11.3 Å². The molecule has 0 aliphatic heterocycles. The van der Waals surface area contributed by atoms with Crippen LogP contribution in [-0.4, -0.2) is 10.7 Å². The summed E-state index contributed by atoms with van der Waals surface area (Å²) in [4.78, 5) is 0. The van der Waals surface area contributed by atoms with Crippen LogP contribution in [0.2, 0.25) is 0 Å². The number of hydrogen-bond acceptors (Lipinski definition) is 1. The molecule has 0 spiro atoms. The summed E-state index contributed by atoms with van der Waals surface area (Å²) in [5.74, 6) is -0.181. The van der Waals surface area contributed by atoms with E-state index in [1.54, 1.807) is 23.5 Å². The fraction of sp³-hybridized carbons (Fsp3) is 0.333. The normalized spacial score (nSPS) is 11.7. The third-order valence-corrected chi connectivity index (χ3v) is 6.32. The zero-order valence-electron chi connectivity index (χ0n) is 10.4. The lowest BCUT2D eigenvalue weighted by Crippen LogP contribution is -2.31. The van der Waals surface area contributed by atoms with Gasteiger partial charge in [0, 0.05) is 16.1 Å². The molecule has 0 saturated heterocycles. The molecule has 0 amide bonds. The van der Waals surface area contributed by atoms with Crippen molar-refractivity contribution in [2.24, 2.45) is 0 Å². The van der Waals surface area contributed by atoms with Crippen LogP contribution in [0.5, 0.6) is 0 Å². The molecule has 0 atom stereocenters. The van der Waals surface area contributed by atoms with Crippen LogP contribution in [0.15, 0.2) is 41.1 Å². The van der Waals surface area contributed by atoms with Crippen LogP contribution in [0.1, 0.15) is 17.5 Å². The highest BCUT2D eigenvalue weighted by atomic mass is 79.9. The third-order valence-electron chi connectivity index (χ3n) is 3.44. The van der Waals surface area contributed by atoms with Crippen molar-refractivity contribution in [2.45, 2.75) is 18.3 Å². The van der Waals surface area contributed by atoms with E-state index >= 15 is 0 Å². The van der Waals surface area contributed by atoms with Crippen LogP contribution in [0.25, 0.3) is 0 Å². The Morgan fingerprint density at radius 3 is 2.26 bits per heavy atom. The van der Waals surface area contributed by atoms with E-state index in [-0.39, 0.29) is 11.2 Å².